The molecule has 0 aromatic heterocycles. The molecule has 1 fully saturated rings. The zero-order valence-corrected chi connectivity index (χ0v) is 6.39. The summed E-state index contributed by atoms with van der Waals surface area (Å²) in [5.41, 5.74) is -0.307. The summed E-state index contributed by atoms with van der Waals surface area (Å²) in [5, 5.41) is 0. The Bertz CT molecular complexity index is 170. The van der Waals surface area contributed by atoms with Crippen LogP contribution in [0.5, 0.6) is 0 Å². The molecule has 10 heavy (non-hydrogen) atoms. The van der Waals surface area contributed by atoms with Gasteiger partial charge in [-0.15, -0.1) is 0 Å². The van der Waals surface area contributed by atoms with E-state index in [1.807, 2.05) is 13.8 Å². The highest BCUT2D eigenvalue weighted by atomic mass is 16.6. The Morgan fingerprint density at radius 3 is 2.60 bits per heavy atom. The summed E-state index contributed by atoms with van der Waals surface area (Å²) in [6.07, 6.45) is 2.37. The standard InChI is InChI=1S/C8H12O2/c1-4-6-5-8(2,3)7(9)10-6/h4,6H,1,5H2,2-3H3/t6-/m0/s1. The van der Waals surface area contributed by atoms with Gasteiger partial charge in [0.25, 0.3) is 0 Å². The first-order valence-corrected chi connectivity index (χ1v) is 3.40. The molecule has 56 valence electrons. The first kappa shape index (κ1) is 7.32. The van der Waals surface area contributed by atoms with Gasteiger partial charge in [-0.3, -0.25) is 4.79 Å². The van der Waals surface area contributed by atoms with Gasteiger partial charge in [0.15, 0.2) is 0 Å². The van der Waals surface area contributed by atoms with E-state index in [-0.39, 0.29) is 17.5 Å². The molecule has 1 atom stereocenters. The van der Waals surface area contributed by atoms with E-state index in [1.165, 1.54) is 0 Å². The van der Waals surface area contributed by atoms with Gasteiger partial charge in [0.2, 0.25) is 0 Å². The average Bonchev–Trinajstić information content (AvgIpc) is 2.08. The van der Waals surface area contributed by atoms with Crippen LogP contribution < -0.4 is 0 Å². The maximum atomic E-state index is 11.0. The van der Waals surface area contributed by atoms with E-state index in [9.17, 15) is 4.79 Å². The zero-order valence-electron chi connectivity index (χ0n) is 6.39. The molecule has 0 spiro atoms. The summed E-state index contributed by atoms with van der Waals surface area (Å²) in [5.74, 6) is -0.114. The second-order valence-corrected chi connectivity index (χ2v) is 3.27. The molecule has 1 aliphatic heterocycles. The highest BCUT2D eigenvalue weighted by Gasteiger charge is 2.39. The number of cyclic esters (lactones) is 1. The van der Waals surface area contributed by atoms with Gasteiger partial charge in [-0.25, -0.2) is 0 Å². The third-order valence-corrected chi connectivity index (χ3v) is 1.79. The Balaban J connectivity index is 2.70. The first-order chi connectivity index (χ1) is 4.56. The van der Waals surface area contributed by atoms with Crippen LogP contribution in [-0.4, -0.2) is 12.1 Å². The molecule has 0 unspecified atom stereocenters. The second-order valence-electron chi connectivity index (χ2n) is 3.27. The number of carbonyl (C=O) groups is 1. The second kappa shape index (κ2) is 2.11. The molecule has 1 aliphatic rings. The van der Waals surface area contributed by atoms with E-state index < -0.39 is 0 Å². The zero-order chi connectivity index (χ0) is 7.78. The largest absolute Gasteiger partial charge is 0.458 e. The van der Waals surface area contributed by atoms with Gasteiger partial charge >= 0.3 is 5.97 Å². The van der Waals surface area contributed by atoms with Crippen LogP contribution >= 0.6 is 0 Å². The third kappa shape index (κ3) is 1.06. The predicted octanol–water partition coefficient (Wildman–Crippen LogP) is 1.51. The Kier molecular flexibility index (Phi) is 1.55. The van der Waals surface area contributed by atoms with Crippen molar-refractivity contribution in [1.29, 1.82) is 0 Å². The molecular formula is C8H12O2. The molecule has 0 bridgehead atoms. The lowest BCUT2D eigenvalue weighted by molar-refractivity contribution is -0.146. The van der Waals surface area contributed by atoms with Crippen molar-refractivity contribution in [3.05, 3.63) is 12.7 Å². The summed E-state index contributed by atoms with van der Waals surface area (Å²) in [6, 6.07) is 0. The van der Waals surface area contributed by atoms with E-state index in [0.717, 1.165) is 6.42 Å². The average molecular weight is 140 g/mol. The molecule has 0 aromatic carbocycles. The van der Waals surface area contributed by atoms with E-state index in [0.29, 0.717) is 0 Å². The van der Waals surface area contributed by atoms with Crippen molar-refractivity contribution in [3.63, 3.8) is 0 Å². The maximum absolute atomic E-state index is 11.0. The molecule has 0 aliphatic carbocycles. The lowest BCUT2D eigenvalue weighted by atomic mass is 9.90. The quantitative estimate of drug-likeness (QED) is 0.407. The van der Waals surface area contributed by atoms with Crippen LogP contribution in [0.3, 0.4) is 0 Å². The van der Waals surface area contributed by atoms with E-state index in [1.54, 1.807) is 6.08 Å². The van der Waals surface area contributed by atoms with Crippen LogP contribution in [0.4, 0.5) is 0 Å². The Labute approximate surface area is 60.9 Å². The van der Waals surface area contributed by atoms with Crippen molar-refractivity contribution in [2.75, 3.05) is 0 Å². The van der Waals surface area contributed by atoms with E-state index in [4.69, 9.17) is 4.74 Å². The summed E-state index contributed by atoms with van der Waals surface area (Å²) in [4.78, 5) is 11.0. The van der Waals surface area contributed by atoms with Crippen molar-refractivity contribution >= 4 is 5.97 Å². The molecular weight excluding hydrogens is 128 g/mol. The van der Waals surface area contributed by atoms with Gasteiger partial charge in [0.05, 0.1) is 5.41 Å². The minimum Gasteiger partial charge on any atom is -0.458 e. The summed E-state index contributed by atoms with van der Waals surface area (Å²) < 4.78 is 4.97. The molecule has 2 nitrogen and oxygen atoms in total. The van der Waals surface area contributed by atoms with Gasteiger partial charge in [-0.05, 0) is 13.8 Å². The molecule has 0 saturated carbocycles. The normalized spacial score (nSPS) is 29.8. The summed E-state index contributed by atoms with van der Waals surface area (Å²) >= 11 is 0. The predicted molar refractivity (Wildman–Crippen MR) is 38.5 cm³/mol. The minimum absolute atomic E-state index is 0.0671. The van der Waals surface area contributed by atoms with Crippen molar-refractivity contribution in [2.24, 2.45) is 5.41 Å². The maximum Gasteiger partial charge on any atom is 0.312 e. The smallest absolute Gasteiger partial charge is 0.312 e. The van der Waals surface area contributed by atoms with Gasteiger partial charge in [0.1, 0.15) is 6.10 Å². The Morgan fingerprint density at radius 1 is 1.80 bits per heavy atom. The monoisotopic (exact) mass is 140 g/mol. The van der Waals surface area contributed by atoms with Crippen molar-refractivity contribution < 1.29 is 9.53 Å². The number of ether oxygens (including phenoxy) is 1. The minimum atomic E-state index is -0.307. The fraction of sp³-hybridized carbons (Fsp3) is 0.625. The van der Waals surface area contributed by atoms with Gasteiger partial charge < -0.3 is 4.74 Å². The van der Waals surface area contributed by atoms with Crippen LogP contribution in [0.15, 0.2) is 12.7 Å². The topological polar surface area (TPSA) is 26.3 Å². The molecule has 1 saturated heterocycles. The first-order valence-electron chi connectivity index (χ1n) is 3.40. The Hall–Kier alpha value is -0.790. The molecule has 0 radical (unpaired) electrons. The van der Waals surface area contributed by atoms with Crippen molar-refractivity contribution in [2.45, 2.75) is 26.4 Å². The number of carbonyl (C=O) groups excluding carboxylic acids is 1. The fourth-order valence-corrected chi connectivity index (χ4v) is 1.06. The lowest BCUT2D eigenvalue weighted by Crippen LogP contribution is -2.16. The summed E-state index contributed by atoms with van der Waals surface area (Å²) in [6.45, 7) is 7.34. The Morgan fingerprint density at radius 2 is 2.40 bits per heavy atom. The molecule has 0 amide bonds. The third-order valence-electron chi connectivity index (χ3n) is 1.79. The highest BCUT2D eigenvalue weighted by molar-refractivity contribution is 5.78. The number of esters is 1. The van der Waals surface area contributed by atoms with E-state index in [2.05, 4.69) is 6.58 Å². The number of hydrogen-bond acceptors (Lipinski definition) is 2. The van der Waals surface area contributed by atoms with Crippen LogP contribution in [-0.2, 0) is 9.53 Å². The molecule has 0 aromatic rings. The number of rotatable bonds is 1. The van der Waals surface area contributed by atoms with Crippen LogP contribution in [0, 0.1) is 5.41 Å². The van der Waals surface area contributed by atoms with Crippen molar-refractivity contribution in [3.8, 4) is 0 Å². The molecule has 0 N–H and O–H groups in total. The van der Waals surface area contributed by atoms with E-state index >= 15 is 0 Å². The van der Waals surface area contributed by atoms with Gasteiger partial charge in [0, 0.05) is 6.42 Å². The summed E-state index contributed by atoms with van der Waals surface area (Å²) in [7, 11) is 0. The SMILES string of the molecule is C=C[C@H]1CC(C)(C)C(=O)O1. The van der Waals surface area contributed by atoms with Crippen molar-refractivity contribution in [1.82, 2.24) is 0 Å². The molecule has 1 rings (SSSR count). The molecule has 1 heterocycles. The van der Waals surface area contributed by atoms with Gasteiger partial charge in [-0.1, -0.05) is 12.7 Å². The van der Waals surface area contributed by atoms with Crippen LogP contribution in [0.1, 0.15) is 20.3 Å². The molecule has 2 heteroatoms. The van der Waals surface area contributed by atoms with Crippen LogP contribution in [0.2, 0.25) is 0 Å². The number of hydrogen-bond donors (Lipinski definition) is 0. The lowest BCUT2D eigenvalue weighted by Gasteiger charge is -2.08. The fourth-order valence-electron chi connectivity index (χ4n) is 1.06. The van der Waals surface area contributed by atoms with Crippen LogP contribution in [0.25, 0.3) is 0 Å². The highest BCUT2D eigenvalue weighted by Crippen LogP contribution is 2.32. The van der Waals surface area contributed by atoms with Gasteiger partial charge in [-0.2, -0.15) is 0 Å².